The van der Waals surface area contributed by atoms with Gasteiger partial charge in [0.1, 0.15) is 0 Å². The summed E-state index contributed by atoms with van der Waals surface area (Å²) in [5, 5.41) is 6.51. The van der Waals surface area contributed by atoms with Crippen molar-refractivity contribution in [3.63, 3.8) is 0 Å². The minimum atomic E-state index is -0.329. The second-order valence-electron chi connectivity index (χ2n) is 4.47. The van der Waals surface area contributed by atoms with Crippen LogP contribution in [0, 0.1) is 0 Å². The molecule has 1 aromatic heterocycles. The molecule has 0 unspecified atom stereocenters. The standard InChI is InChI=1S/C15H16BrN3O4S/c1-21-11-5-4-9(13(16)14(11)23-3)7-17-19-15-18-10(8-24-15)6-12(20)22-2/h4-5,7-8H,6H2,1-3H3,(H,18,19)/b17-7-. The van der Waals surface area contributed by atoms with E-state index in [2.05, 4.69) is 36.2 Å². The summed E-state index contributed by atoms with van der Waals surface area (Å²) in [6, 6.07) is 3.64. The van der Waals surface area contributed by atoms with Crippen molar-refractivity contribution in [2.75, 3.05) is 26.8 Å². The molecule has 0 atom stereocenters. The van der Waals surface area contributed by atoms with Crippen LogP contribution in [0.4, 0.5) is 5.13 Å². The van der Waals surface area contributed by atoms with E-state index in [-0.39, 0.29) is 12.4 Å². The van der Waals surface area contributed by atoms with Crippen molar-refractivity contribution >= 4 is 44.6 Å². The molecule has 0 aliphatic carbocycles. The number of hydrogen-bond acceptors (Lipinski definition) is 8. The van der Waals surface area contributed by atoms with Crippen molar-refractivity contribution in [3.05, 3.63) is 33.2 Å². The third kappa shape index (κ3) is 4.45. The minimum Gasteiger partial charge on any atom is -0.493 e. The van der Waals surface area contributed by atoms with Gasteiger partial charge in [-0.2, -0.15) is 5.10 Å². The molecule has 0 aliphatic heterocycles. The molecule has 2 aromatic rings. The largest absolute Gasteiger partial charge is 0.493 e. The molecule has 0 fully saturated rings. The van der Waals surface area contributed by atoms with E-state index in [1.54, 1.807) is 31.9 Å². The number of carbonyl (C=O) groups excluding carboxylic acids is 1. The molecule has 0 saturated carbocycles. The number of anilines is 1. The zero-order chi connectivity index (χ0) is 17.5. The van der Waals surface area contributed by atoms with Gasteiger partial charge in [0, 0.05) is 10.9 Å². The highest BCUT2D eigenvalue weighted by Crippen LogP contribution is 2.36. The summed E-state index contributed by atoms with van der Waals surface area (Å²) in [4.78, 5) is 15.5. The van der Waals surface area contributed by atoms with Crippen LogP contribution in [0.5, 0.6) is 11.5 Å². The topological polar surface area (TPSA) is 82.0 Å². The molecule has 9 heteroatoms. The van der Waals surface area contributed by atoms with Crippen LogP contribution in [0.1, 0.15) is 11.3 Å². The fourth-order valence-corrected chi connectivity index (χ4v) is 3.07. The number of halogens is 1. The van der Waals surface area contributed by atoms with E-state index >= 15 is 0 Å². The monoisotopic (exact) mass is 413 g/mol. The van der Waals surface area contributed by atoms with E-state index in [0.29, 0.717) is 22.3 Å². The Bertz CT molecular complexity index is 748. The highest BCUT2D eigenvalue weighted by molar-refractivity contribution is 9.10. The van der Waals surface area contributed by atoms with Gasteiger partial charge in [0.05, 0.1) is 44.1 Å². The van der Waals surface area contributed by atoms with Crippen LogP contribution < -0.4 is 14.9 Å². The zero-order valence-electron chi connectivity index (χ0n) is 13.3. The van der Waals surface area contributed by atoms with Crippen LogP contribution >= 0.6 is 27.3 Å². The number of nitrogens with one attached hydrogen (secondary N) is 1. The van der Waals surface area contributed by atoms with E-state index in [4.69, 9.17) is 9.47 Å². The van der Waals surface area contributed by atoms with Crippen LogP contribution in [0.25, 0.3) is 0 Å². The van der Waals surface area contributed by atoms with Crippen molar-refractivity contribution in [3.8, 4) is 11.5 Å². The first-order chi connectivity index (χ1) is 11.6. The van der Waals surface area contributed by atoms with Crippen LogP contribution in [-0.4, -0.2) is 38.5 Å². The molecule has 128 valence electrons. The Labute approximate surface area is 151 Å². The van der Waals surface area contributed by atoms with E-state index < -0.39 is 0 Å². The van der Waals surface area contributed by atoms with Crippen LogP contribution in [0.15, 0.2) is 27.1 Å². The molecule has 24 heavy (non-hydrogen) atoms. The molecule has 0 amide bonds. The Balaban J connectivity index is 2.05. The lowest BCUT2D eigenvalue weighted by molar-refractivity contribution is -0.139. The number of ether oxygens (including phenoxy) is 3. The summed E-state index contributed by atoms with van der Waals surface area (Å²) in [7, 11) is 4.49. The Kier molecular flexibility index (Phi) is 6.56. The summed E-state index contributed by atoms with van der Waals surface area (Å²) in [6.45, 7) is 0. The number of hydrazone groups is 1. The van der Waals surface area contributed by atoms with Gasteiger partial charge in [-0.1, -0.05) is 0 Å². The van der Waals surface area contributed by atoms with Gasteiger partial charge in [0.25, 0.3) is 0 Å². The SMILES string of the molecule is COC(=O)Cc1csc(N/N=C\c2ccc(OC)c(OC)c2Br)n1. The number of esters is 1. The average Bonchev–Trinajstić information content (AvgIpc) is 3.03. The first-order valence-electron chi connectivity index (χ1n) is 6.79. The van der Waals surface area contributed by atoms with Gasteiger partial charge in [0.15, 0.2) is 11.5 Å². The lowest BCUT2D eigenvalue weighted by Gasteiger charge is -2.10. The fraction of sp³-hybridized carbons (Fsp3) is 0.267. The van der Waals surface area contributed by atoms with Crippen molar-refractivity contribution < 1.29 is 19.0 Å². The van der Waals surface area contributed by atoms with Gasteiger partial charge in [-0.15, -0.1) is 11.3 Å². The lowest BCUT2D eigenvalue weighted by atomic mass is 10.2. The van der Waals surface area contributed by atoms with Crippen molar-refractivity contribution in [2.24, 2.45) is 5.10 Å². The minimum absolute atomic E-state index is 0.139. The average molecular weight is 414 g/mol. The maximum Gasteiger partial charge on any atom is 0.311 e. The zero-order valence-corrected chi connectivity index (χ0v) is 15.7. The number of methoxy groups -OCH3 is 3. The second-order valence-corrected chi connectivity index (χ2v) is 6.12. The molecule has 0 saturated heterocycles. The number of benzene rings is 1. The summed E-state index contributed by atoms with van der Waals surface area (Å²) in [5.74, 6) is 0.891. The third-order valence-electron chi connectivity index (χ3n) is 2.98. The van der Waals surface area contributed by atoms with Crippen LogP contribution in [0.2, 0.25) is 0 Å². The molecule has 2 rings (SSSR count). The number of rotatable bonds is 7. The molecule has 1 N–H and O–H groups in total. The summed E-state index contributed by atoms with van der Waals surface area (Å²) in [5.41, 5.74) is 4.28. The van der Waals surface area contributed by atoms with E-state index in [0.717, 1.165) is 10.0 Å². The maximum absolute atomic E-state index is 11.2. The maximum atomic E-state index is 11.2. The molecule has 0 spiro atoms. The summed E-state index contributed by atoms with van der Waals surface area (Å²) in [6.07, 6.45) is 1.77. The van der Waals surface area contributed by atoms with E-state index in [9.17, 15) is 4.79 Å². The third-order valence-corrected chi connectivity index (χ3v) is 4.60. The molecular formula is C15H16BrN3O4S. The second kappa shape index (κ2) is 8.65. The summed E-state index contributed by atoms with van der Waals surface area (Å²) < 4.78 is 15.9. The Hall–Kier alpha value is -2.13. The number of carbonyl (C=O) groups is 1. The molecular weight excluding hydrogens is 398 g/mol. The van der Waals surface area contributed by atoms with E-state index in [1.165, 1.54) is 18.4 Å². The van der Waals surface area contributed by atoms with Crippen molar-refractivity contribution in [1.82, 2.24) is 4.98 Å². The molecule has 0 bridgehead atoms. The van der Waals surface area contributed by atoms with Gasteiger partial charge in [-0.25, -0.2) is 4.98 Å². The van der Waals surface area contributed by atoms with Gasteiger partial charge in [-0.05, 0) is 28.1 Å². The van der Waals surface area contributed by atoms with Gasteiger partial charge < -0.3 is 14.2 Å². The highest BCUT2D eigenvalue weighted by atomic mass is 79.9. The quantitative estimate of drug-likeness (QED) is 0.426. The summed E-state index contributed by atoms with van der Waals surface area (Å²) >= 11 is 4.83. The van der Waals surface area contributed by atoms with Crippen LogP contribution in [0.3, 0.4) is 0 Å². The molecule has 0 aliphatic rings. The first kappa shape index (κ1) is 18.2. The normalized spacial score (nSPS) is 10.7. The number of hydrogen-bond donors (Lipinski definition) is 1. The molecule has 0 radical (unpaired) electrons. The number of thiazole rings is 1. The molecule has 7 nitrogen and oxygen atoms in total. The smallest absolute Gasteiger partial charge is 0.311 e. The molecule has 1 aromatic carbocycles. The number of nitrogens with zero attached hydrogens (tertiary/aromatic N) is 2. The fourth-order valence-electron chi connectivity index (χ4n) is 1.82. The highest BCUT2D eigenvalue weighted by Gasteiger charge is 2.11. The Morgan fingerprint density at radius 2 is 2.17 bits per heavy atom. The Morgan fingerprint density at radius 3 is 2.83 bits per heavy atom. The number of aromatic nitrogens is 1. The predicted octanol–water partition coefficient (Wildman–Crippen LogP) is 3.08. The van der Waals surface area contributed by atoms with E-state index in [1.807, 2.05) is 6.07 Å². The van der Waals surface area contributed by atoms with Gasteiger partial charge in [-0.3, -0.25) is 10.2 Å². The molecule has 1 heterocycles. The Morgan fingerprint density at radius 1 is 1.38 bits per heavy atom. The first-order valence-corrected chi connectivity index (χ1v) is 8.47. The predicted molar refractivity (Wildman–Crippen MR) is 96.3 cm³/mol. The van der Waals surface area contributed by atoms with Gasteiger partial charge in [0.2, 0.25) is 5.13 Å². The van der Waals surface area contributed by atoms with Crippen molar-refractivity contribution in [2.45, 2.75) is 6.42 Å². The lowest BCUT2D eigenvalue weighted by Crippen LogP contribution is -2.04. The van der Waals surface area contributed by atoms with Gasteiger partial charge >= 0.3 is 5.97 Å². The van der Waals surface area contributed by atoms with Crippen molar-refractivity contribution in [1.29, 1.82) is 0 Å². The van der Waals surface area contributed by atoms with Crippen LogP contribution in [-0.2, 0) is 16.0 Å².